The van der Waals surface area contributed by atoms with E-state index in [1.165, 1.54) is 0 Å². The maximum absolute atomic E-state index is 12.3. The number of amides is 1. The smallest absolute Gasteiger partial charge is 0.226 e. The van der Waals surface area contributed by atoms with E-state index in [1.54, 1.807) is 0 Å². The van der Waals surface area contributed by atoms with E-state index < -0.39 is 0 Å². The number of para-hydroxylation sites is 1. The highest BCUT2D eigenvalue weighted by atomic mass is 35.5. The average Bonchev–Trinajstić information content (AvgIpc) is 2.57. The molecular weight excluding hydrogens is 314 g/mol. The molecule has 5 nitrogen and oxygen atoms in total. The summed E-state index contributed by atoms with van der Waals surface area (Å²) >= 11 is 6.07. The molecule has 128 valence electrons. The molecule has 6 heteroatoms. The molecule has 1 N–H and O–H groups in total. The minimum absolute atomic E-state index is 0.0371. The van der Waals surface area contributed by atoms with Crippen LogP contribution in [0.15, 0.2) is 24.3 Å². The van der Waals surface area contributed by atoms with Crippen molar-refractivity contribution in [3.8, 4) is 5.75 Å². The Hall–Kier alpha value is -1.30. The molecule has 1 unspecified atom stereocenters. The Morgan fingerprint density at radius 3 is 2.65 bits per heavy atom. The van der Waals surface area contributed by atoms with Gasteiger partial charge in [-0.2, -0.15) is 0 Å². The van der Waals surface area contributed by atoms with Crippen molar-refractivity contribution in [2.45, 2.75) is 6.92 Å². The first-order valence-electron chi connectivity index (χ1n) is 8.15. The highest BCUT2D eigenvalue weighted by Crippen LogP contribution is 2.22. The molecule has 1 amide bonds. The number of nitrogens with one attached hydrogen (secondary N) is 1. The van der Waals surface area contributed by atoms with Gasteiger partial charge < -0.3 is 15.0 Å². The summed E-state index contributed by atoms with van der Waals surface area (Å²) in [5.41, 5.74) is 0. The Balaban J connectivity index is 1.69. The minimum Gasteiger partial charge on any atom is -0.491 e. The molecule has 23 heavy (non-hydrogen) atoms. The van der Waals surface area contributed by atoms with Crippen LogP contribution in [0.25, 0.3) is 0 Å². The molecule has 0 aromatic heterocycles. The quantitative estimate of drug-likeness (QED) is 0.821. The predicted octanol–water partition coefficient (Wildman–Crippen LogP) is 1.72. The predicted molar refractivity (Wildman–Crippen MR) is 93.1 cm³/mol. The van der Waals surface area contributed by atoms with Crippen LogP contribution in [0.3, 0.4) is 0 Å². The number of ether oxygens (including phenoxy) is 1. The van der Waals surface area contributed by atoms with Crippen molar-refractivity contribution in [1.29, 1.82) is 0 Å². The molecule has 1 fully saturated rings. The number of rotatable bonds is 7. The van der Waals surface area contributed by atoms with Gasteiger partial charge in [0.25, 0.3) is 0 Å². The topological polar surface area (TPSA) is 44.8 Å². The number of hydrogen-bond donors (Lipinski definition) is 1. The van der Waals surface area contributed by atoms with Crippen molar-refractivity contribution in [3.05, 3.63) is 29.3 Å². The highest BCUT2D eigenvalue weighted by Gasteiger charge is 2.24. The van der Waals surface area contributed by atoms with Crippen molar-refractivity contribution in [2.75, 3.05) is 52.9 Å². The van der Waals surface area contributed by atoms with Crippen molar-refractivity contribution >= 4 is 17.5 Å². The summed E-state index contributed by atoms with van der Waals surface area (Å²) in [6.07, 6.45) is 0. The Morgan fingerprint density at radius 2 is 2.00 bits per heavy atom. The minimum atomic E-state index is 0.0371. The number of nitrogens with zero attached hydrogens (tertiary/aromatic N) is 2. The Morgan fingerprint density at radius 1 is 1.30 bits per heavy atom. The Labute approximate surface area is 143 Å². The molecule has 1 heterocycles. The molecular formula is C17H26ClN3O2. The molecule has 2 rings (SSSR count). The summed E-state index contributed by atoms with van der Waals surface area (Å²) in [5.74, 6) is 1.00. The van der Waals surface area contributed by atoms with E-state index in [0.717, 1.165) is 45.0 Å². The van der Waals surface area contributed by atoms with E-state index in [4.69, 9.17) is 16.3 Å². The van der Waals surface area contributed by atoms with Crippen molar-refractivity contribution < 1.29 is 9.53 Å². The lowest BCUT2D eigenvalue weighted by molar-refractivity contribution is -0.136. The average molecular weight is 340 g/mol. The van der Waals surface area contributed by atoms with Crippen LogP contribution >= 0.6 is 11.6 Å². The van der Waals surface area contributed by atoms with Crippen molar-refractivity contribution in [1.82, 2.24) is 15.1 Å². The normalized spacial score (nSPS) is 17.1. The van der Waals surface area contributed by atoms with Gasteiger partial charge in [0.15, 0.2) is 0 Å². The van der Waals surface area contributed by atoms with Gasteiger partial charge in [0.1, 0.15) is 12.4 Å². The number of piperazine rings is 1. The Kier molecular flexibility index (Phi) is 7.15. The molecule has 1 saturated heterocycles. The molecule has 0 saturated carbocycles. The van der Waals surface area contributed by atoms with Crippen LogP contribution in [-0.2, 0) is 4.79 Å². The number of halogens is 1. The van der Waals surface area contributed by atoms with Gasteiger partial charge in [0.2, 0.25) is 5.91 Å². The zero-order valence-electron chi connectivity index (χ0n) is 13.9. The largest absolute Gasteiger partial charge is 0.491 e. The molecule has 1 atom stereocenters. The molecule has 0 aliphatic carbocycles. The van der Waals surface area contributed by atoms with Gasteiger partial charge in [-0.15, -0.1) is 0 Å². The standard InChI is InChI=1S/C17H26ClN3O2/c1-14(13-19-2)17(22)21-9-7-20(8-10-21)11-12-23-16-6-4-3-5-15(16)18/h3-6,14,19H,7-13H2,1-2H3. The van der Waals surface area contributed by atoms with Gasteiger partial charge in [-0.05, 0) is 19.2 Å². The van der Waals surface area contributed by atoms with E-state index in [0.29, 0.717) is 11.6 Å². The number of carbonyl (C=O) groups excluding carboxylic acids is 1. The summed E-state index contributed by atoms with van der Waals surface area (Å²) in [6, 6.07) is 7.51. The molecule has 1 aromatic rings. The van der Waals surface area contributed by atoms with Gasteiger partial charge >= 0.3 is 0 Å². The SMILES string of the molecule is CNCC(C)C(=O)N1CCN(CCOc2ccccc2Cl)CC1. The van der Waals surface area contributed by atoms with E-state index in [1.807, 2.05) is 43.1 Å². The van der Waals surface area contributed by atoms with Gasteiger partial charge in [-0.3, -0.25) is 9.69 Å². The monoisotopic (exact) mass is 339 g/mol. The van der Waals surface area contributed by atoms with E-state index >= 15 is 0 Å². The first-order valence-corrected chi connectivity index (χ1v) is 8.52. The first-order chi connectivity index (χ1) is 11.1. The Bertz CT molecular complexity index is 504. The highest BCUT2D eigenvalue weighted by molar-refractivity contribution is 6.32. The third-order valence-corrected chi connectivity index (χ3v) is 4.43. The molecule has 1 aliphatic rings. The van der Waals surface area contributed by atoms with Crippen LogP contribution in [-0.4, -0.2) is 68.6 Å². The fraction of sp³-hybridized carbons (Fsp3) is 0.588. The number of benzene rings is 1. The molecule has 1 aromatic carbocycles. The first kappa shape index (κ1) is 18.0. The van der Waals surface area contributed by atoms with Crippen LogP contribution in [0.4, 0.5) is 0 Å². The summed E-state index contributed by atoms with van der Waals surface area (Å²) in [6.45, 7) is 7.52. The maximum Gasteiger partial charge on any atom is 0.226 e. The summed E-state index contributed by atoms with van der Waals surface area (Å²) in [7, 11) is 1.88. The fourth-order valence-corrected chi connectivity index (χ4v) is 2.93. The summed E-state index contributed by atoms with van der Waals surface area (Å²) < 4.78 is 5.72. The lowest BCUT2D eigenvalue weighted by Gasteiger charge is -2.35. The van der Waals surface area contributed by atoms with Gasteiger partial charge in [-0.1, -0.05) is 30.7 Å². The number of carbonyl (C=O) groups is 1. The zero-order chi connectivity index (χ0) is 16.7. The van der Waals surface area contributed by atoms with Crippen molar-refractivity contribution in [2.24, 2.45) is 5.92 Å². The number of hydrogen-bond acceptors (Lipinski definition) is 4. The van der Waals surface area contributed by atoms with Crippen LogP contribution in [0.5, 0.6) is 5.75 Å². The van der Waals surface area contributed by atoms with Crippen molar-refractivity contribution in [3.63, 3.8) is 0 Å². The lowest BCUT2D eigenvalue weighted by Crippen LogP contribution is -2.51. The third-order valence-electron chi connectivity index (χ3n) is 4.12. The van der Waals surface area contributed by atoms with Gasteiger partial charge in [0, 0.05) is 45.2 Å². The summed E-state index contributed by atoms with van der Waals surface area (Å²) in [5, 5.41) is 3.70. The van der Waals surface area contributed by atoms with Crippen LogP contribution < -0.4 is 10.1 Å². The van der Waals surface area contributed by atoms with Crippen LogP contribution in [0.2, 0.25) is 5.02 Å². The molecule has 1 aliphatic heterocycles. The second-order valence-corrected chi connectivity index (χ2v) is 6.31. The van der Waals surface area contributed by atoms with E-state index in [-0.39, 0.29) is 11.8 Å². The van der Waals surface area contributed by atoms with E-state index in [2.05, 4.69) is 10.2 Å². The van der Waals surface area contributed by atoms with Crippen LogP contribution in [0, 0.1) is 5.92 Å². The molecule has 0 radical (unpaired) electrons. The zero-order valence-corrected chi connectivity index (χ0v) is 14.7. The second kappa shape index (κ2) is 9.11. The fourth-order valence-electron chi connectivity index (χ4n) is 2.74. The van der Waals surface area contributed by atoms with Crippen LogP contribution in [0.1, 0.15) is 6.92 Å². The third kappa shape index (κ3) is 5.37. The second-order valence-electron chi connectivity index (χ2n) is 5.90. The maximum atomic E-state index is 12.3. The molecule has 0 bridgehead atoms. The molecule has 0 spiro atoms. The van der Waals surface area contributed by atoms with Gasteiger partial charge in [0.05, 0.1) is 5.02 Å². The van der Waals surface area contributed by atoms with Gasteiger partial charge in [-0.25, -0.2) is 0 Å². The van der Waals surface area contributed by atoms with E-state index in [9.17, 15) is 4.79 Å². The lowest BCUT2D eigenvalue weighted by atomic mass is 10.1. The summed E-state index contributed by atoms with van der Waals surface area (Å²) in [4.78, 5) is 16.5.